The number of hydrogen-bond donors (Lipinski definition) is 1. The van der Waals surface area contributed by atoms with E-state index in [0.29, 0.717) is 24.3 Å². The highest BCUT2D eigenvalue weighted by Gasteiger charge is 2.42. The van der Waals surface area contributed by atoms with Crippen LogP contribution in [0.4, 0.5) is 0 Å². The predicted molar refractivity (Wildman–Crippen MR) is 111 cm³/mol. The number of amides is 2. The summed E-state index contributed by atoms with van der Waals surface area (Å²) in [7, 11) is -1.49. The second kappa shape index (κ2) is 10.7. The average Bonchev–Trinajstić information content (AvgIpc) is 2.65. The molecule has 7 nitrogen and oxygen atoms in total. The average molecular weight is 443 g/mol. The lowest BCUT2D eigenvalue weighted by atomic mass is 9.85. The zero-order chi connectivity index (χ0) is 21.6. The fourth-order valence-electron chi connectivity index (χ4n) is 3.70. The molecule has 4 atom stereocenters. The molecule has 1 fully saturated rings. The van der Waals surface area contributed by atoms with E-state index in [1.54, 1.807) is 24.0 Å². The molecule has 1 aliphatic rings. The van der Waals surface area contributed by atoms with E-state index >= 15 is 0 Å². The maximum absolute atomic E-state index is 13.3. The molecule has 0 saturated carbocycles. The van der Waals surface area contributed by atoms with E-state index in [9.17, 15) is 18.6 Å². The van der Waals surface area contributed by atoms with Crippen molar-refractivity contribution in [3.63, 3.8) is 0 Å². The molecular formula is C20H27ClN2O5S. The fraction of sp³-hybridized carbons (Fsp3) is 0.550. The van der Waals surface area contributed by atoms with Crippen molar-refractivity contribution in [3.8, 4) is 0 Å². The van der Waals surface area contributed by atoms with Crippen LogP contribution in [0.3, 0.4) is 0 Å². The molecule has 1 aliphatic heterocycles. The number of hydrogen-bond acceptors (Lipinski definition) is 5. The number of nitrogens with one attached hydrogen (secondary N) is 1. The number of carbonyl (C=O) groups is 3. The van der Waals surface area contributed by atoms with Gasteiger partial charge in [-0.05, 0) is 43.9 Å². The Morgan fingerprint density at radius 2 is 1.93 bits per heavy atom. The van der Waals surface area contributed by atoms with Gasteiger partial charge in [-0.25, -0.2) is 9.00 Å². The summed E-state index contributed by atoms with van der Waals surface area (Å²) in [4.78, 5) is 39.5. The largest absolute Gasteiger partial charge is 0.464 e. The lowest BCUT2D eigenvalue weighted by molar-refractivity contribution is -0.162. The summed E-state index contributed by atoms with van der Waals surface area (Å²) in [6.07, 6.45) is 2.77. The molecule has 1 saturated heterocycles. The second-order valence-electron chi connectivity index (χ2n) is 6.95. The summed E-state index contributed by atoms with van der Waals surface area (Å²) in [5, 5.41) is 0.585. The standard InChI is InChI=1S/C20H27ClN2O5S/c1-4-16(20(26)28-5-2)23-17(13-6-9-15(21)10-7-13)11-8-14(19(23)25)12-18(24)22-29(3)27/h6-7,9-10,14,16-17H,4-5,8,11-12H2,1-3H3,(H,22,24). The Hall–Kier alpha value is -1.93. The number of piperidine rings is 1. The summed E-state index contributed by atoms with van der Waals surface area (Å²) < 4.78 is 18.7. The zero-order valence-corrected chi connectivity index (χ0v) is 18.4. The van der Waals surface area contributed by atoms with Crippen molar-refractivity contribution >= 4 is 40.4 Å². The normalized spacial score (nSPS) is 21.4. The van der Waals surface area contributed by atoms with Crippen molar-refractivity contribution in [1.29, 1.82) is 0 Å². The van der Waals surface area contributed by atoms with Crippen LogP contribution in [-0.4, -0.2) is 45.8 Å². The van der Waals surface area contributed by atoms with Crippen LogP contribution >= 0.6 is 11.6 Å². The first-order valence-electron chi connectivity index (χ1n) is 9.65. The summed E-state index contributed by atoms with van der Waals surface area (Å²) >= 11 is 6.00. The molecule has 1 N–H and O–H groups in total. The maximum Gasteiger partial charge on any atom is 0.328 e. The lowest BCUT2D eigenvalue weighted by Crippen LogP contribution is -2.52. The highest BCUT2D eigenvalue weighted by atomic mass is 35.5. The van der Waals surface area contributed by atoms with Gasteiger partial charge >= 0.3 is 5.97 Å². The number of rotatable bonds is 8. The molecule has 1 heterocycles. The summed E-state index contributed by atoms with van der Waals surface area (Å²) in [6.45, 7) is 3.76. The van der Waals surface area contributed by atoms with E-state index in [-0.39, 0.29) is 25.0 Å². The first kappa shape index (κ1) is 23.3. The van der Waals surface area contributed by atoms with Crippen LogP contribution in [0.15, 0.2) is 24.3 Å². The summed E-state index contributed by atoms with van der Waals surface area (Å²) in [6, 6.07) is 6.14. The van der Waals surface area contributed by atoms with E-state index < -0.39 is 34.8 Å². The van der Waals surface area contributed by atoms with Gasteiger partial charge in [0, 0.05) is 23.6 Å². The van der Waals surface area contributed by atoms with Crippen LogP contribution in [0.25, 0.3) is 0 Å². The number of halogens is 1. The van der Waals surface area contributed by atoms with E-state index in [1.165, 1.54) is 6.26 Å². The molecule has 0 aliphatic carbocycles. The van der Waals surface area contributed by atoms with Gasteiger partial charge in [-0.2, -0.15) is 0 Å². The molecule has 9 heteroatoms. The van der Waals surface area contributed by atoms with E-state index in [1.807, 2.05) is 19.1 Å². The SMILES string of the molecule is CCOC(=O)C(CC)N1C(=O)C(CC(=O)NS(C)=O)CCC1c1ccc(Cl)cc1. The molecule has 1 aromatic carbocycles. The van der Waals surface area contributed by atoms with E-state index in [4.69, 9.17) is 16.3 Å². The van der Waals surface area contributed by atoms with Crippen molar-refractivity contribution in [2.75, 3.05) is 12.9 Å². The first-order valence-corrected chi connectivity index (χ1v) is 11.6. The Morgan fingerprint density at radius 3 is 2.48 bits per heavy atom. The Kier molecular flexibility index (Phi) is 8.64. The van der Waals surface area contributed by atoms with Gasteiger partial charge in [0.1, 0.15) is 17.0 Å². The van der Waals surface area contributed by atoms with Gasteiger partial charge in [0.2, 0.25) is 11.8 Å². The quantitative estimate of drug-likeness (QED) is 0.625. The molecular weight excluding hydrogens is 416 g/mol. The van der Waals surface area contributed by atoms with Crippen LogP contribution in [0.2, 0.25) is 5.02 Å². The number of esters is 1. The van der Waals surface area contributed by atoms with Gasteiger partial charge < -0.3 is 9.64 Å². The van der Waals surface area contributed by atoms with Crippen LogP contribution in [-0.2, 0) is 30.1 Å². The number of benzene rings is 1. The minimum absolute atomic E-state index is 0.0679. The summed E-state index contributed by atoms with van der Waals surface area (Å²) in [5.41, 5.74) is 0.878. The minimum atomic E-state index is -1.49. The Morgan fingerprint density at radius 1 is 1.28 bits per heavy atom. The van der Waals surface area contributed by atoms with Gasteiger partial charge in [0.05, 0.1) is 12.6 Å². The van der Waals surface area contributed by atoms with Crippen LogP contribution in [0, 0.1) is 5.92 Å². The Balaban J connectivity index is 2.34. The lowest BCUT2D eigenvalue weighted by Gasteiger charge is -2.43. The van der Waals surface area contributed by atoms with E-state index in [0.717, 1.165) is 5.56 Å². The first-order chi connectivity index (χ1) is 13.8. The molecule has 2 rings (SSSR count). The highest BCUT2D eigenvalue weighted by Crippen LogP contribution is 2.38. The molecule has 2 amide bonds. The van der Waals surface area contributed by atoms with E-state index in [2.05, 4.69) is 4.72 Å². The molecule has 0 bridgehead atoms. The highest BCUT2D eigenvalue weighted by molar-refractivity contribution is 7.82. The van der Waals surface area contributed by atoms with Crippen LogP contribution < -0.4 is 4.72 Å². The number of ether oxygens (including phenoxy) is 1. The third-order valence-electron chi connectivity index (χ3n) is 4.95. The van der Waals surface area contributed by atoms with Crippen molar-refractivity contribution in [2.45, 2.75) is 51.6 Å². The van der Waals surface area contributed by atoms with Gasteiger partial charge in [-0.15, -0.1) is 0 Å². The van der Waals surface area contributed by atoms with Crippen molar-refractivity contribution in [3.05, 3.63) is 34.9 Å². The topological polar surface area (TPSA) is 92.8 Å². The molecule has 0 radical (unpaired) electrons. The molecule has 1 aromatic rings. The van der Waals surface area contributed by atoms with Gasteiger partial charge in [-0.1, -0.05) is 30.7 Å². The van der Waals surface area contributed by atoms with Crippen molar-refractivity contribution in [1.82, 2.24) is 9.62 Å². The molecule has 160 valence electrons. The van der Waals surface area contributed by atoms with Crippen molar-refractivity contribution in [2.24, 2.45) is 5.92 Å². The molecule has 0 spiro atoms. The second-order valence-corrected chi connectivity index (χ2v) is 8.50. The molecule has 29 heavy (non-hydrogen) atoms. The fourth-order valence-corrected chi connectivity index (χ4v) is 4.23. The number of nitrogens with zero attached hydrogens (tertiary/aromatic N) is 1. The number of carbonyl (C=O) groups excluding carboxylic acids is 3. The predicted octanol–water partition coefficient (Wildman–Crippen LogP) is 2.76. The van der Waals surface area contributed by atoms with Gasteiger partial charge in [-0.3, -0.25) is 14.3 Å². The van der Waals surface area contributed by atoms with Gasteiger partial charge in [0.15, 0.2) is 0 Å². The Labute approximate surface area is 178 Å². The van der Waals surface area contributed by atoms with Crippen LogP contribution in [0.1, 0.15) is 51.1 Å². The third kappa shape index (κ3) is 6.02. The third-order valence-corrected chi connectivity index (χ3v) is 5.72. The zero-order valence-electron chi connectivity index (χ0n) is 16.9. The summed E-state index contributed by atoms with van der Waals surface area (Å²) in [5.74, 6) is -1.75. The molecule has 0 aromatic heterocycles. The Bertz CT molecular complexity index is 771. The smallest absolute Gasteiger partial charge is 0.328 e. The maximum atomic E-state index is 13.3. The van der Waals surface area contributed by atoms with Crippen molar-refractivity contribution < 1.29 is 23.3 Å². The molecule has 4 unspecified atom stereocenters. The minimum Gasteiger partial charge on any atom is -0.464 e. The monoisotopic (exact) mass is 442 g/mol. The van der Waals surface area contributed by atoms with Crippen LogP contribution in [0.5, 0.6) is 0 Å². The number of likely N-dealkylation sites (tertiary alicyclic amines) is 1. The van der Waals surface area contributed by atoms with Gasteiger partial charge in [0.25, 0.3) is 0 Å².